The standard InChI is InChI=1S/C13H15F4N/c1-12(14,11-6-7-18-8-11)9-2-4-10(5-3-9)13(15,16)17/h2-5,11,18H,6-8H2,1H3. The van der Waals surface area contributed by atoms with Crippen LogP contribution in [-0.2, 0) is 11.8 Å². The van der Waals surface area contributed by atoms with E-state index in [-0.39, 0.29) is 5.92 Å². The molecule has 1 aromatic rings. The number of benzene rings is 1. The molecule has 1 aliphatic heterocycles. The number of hydrogen-bond acceptors (Lipinski definition) is 1. The smallest absolute Gasteiger partial charge is 0.316 e. The van der Waals surface area contributed by atoms with Crippen LogP contribution in [0.2, 0.25) is 0 Å². The molecule has 0 bridgehead atoms. The molecule has 2 atom stereocenters. The molecule has 1 nitrogen and oxygen atoms in total. The highest BCUT2D eigenvalue weighted by Crippen LogP contribution is 2.38. The summed E-state index contributed by atoms with van der Waals surface area (Å²) in [7, 11) is 0. The van der Waals surface area contributed by atoms with E-state index in [2.05, 4.69) is 5.32 Å². The lowest BCUT2D eigenvalue weighted by Crippen LogP contribution is -2.29. The van der Waals surface area contributed by atoms with Crippen LogP contribution < -0.4 is 5.32 Å². The zero-order valence-electron chi connectivity index (χ0n) is 10.0. The van der Waals surface area contributed by atoms with Crippen LogP contribution in [0.1, 0.15) is 24.5 Å². The molecule has 0 radical (unpaired) electrons. The Labute approximate surface area is 103 Å². The average molecular weight is 261 g/mol. The monoisotopic (exact) mass is 261 g/mol. The van der Waals surface area contributed by atoms with E-state index in [1.165, 1.54) is 19.1 Å². The fraction of sp³-hybridized carbons (Fsp3) is 0.538. The highest BCUT2D eigenvalue weighted by molar-refractivity contribution is 5.29. The third-order valence-corrected chi connectivity index (χ3v) is 3.60. The lowest BCUT2D eigenvalue weighted by molar-refractivity contribution is -0.137. The molecule has 1 heterocycles. The van der Waals surface area contributed by atoms with Crippen molar-refractivity contribution in [2.45, 2.75) is 25.2 Å². The van der Waals surface area contributed by atoms with E-state index in [1.807, 2.05) is 0 Å². The van der Waals surface area contributed by atoms with Crippen LogP contribution in [0.15, 0.2) is 24.3 Å². The molecule has 0 aromatic heterocycles. The van der Waals surface area contributed by atoms with E-state index < -0.39 is 17.4 Å². The highest BCUT2D eigenvalue weighted by Gasteiger charge is 2.38. The van der Waals surface area contributed by atoms with Crippen molar-refractivity contribution in [3.05, 3.63) is 35.4 Å². The quantitative estimate of drug-likeness (QED) is 0.803. The van der Waals surface area contributed by atoms with Crippen molar-refractivity contribution in [2.24, 2.45) is 5.92 Å². The molecule has 18 heavy (non-hydrogen) atoms. The van der Waals surface area contributed by atoms with E-state index in [4.69, 9.17) is 0 Å². The summed E-state index contributed by atoms with van der Waals surface area (Å²) >= 11 is 0. The zero-order valence-corrected chi connectivity index (χ0v) is 10.0. The van der Waals surface area contributed by atoms with Crippen molar-refractivity contribution in [1.29, 1.82) is 0 Å². The predicted octanol–water partition coefficient (Wildman–Crippen LogP) is 3.50. The minimum atomic E-state index is -4.37. The molecule has 0 spiro atoms. The van der Waals surface area contributed by atoms with E-state index in [0.29, 0.717) is 18.5 Å². The Bertz CT molecular complexity index is 402. The van der Waals surface area contributed by atoms with Crippen molar-refractivity contribution < 1.29 is 17.6 Å². The maximum Gasteiger partial charge on any atom is 0.416 e. The Balaban J connectivity index is 2.23. The fourth-order valence-corrected chi connectivity index (χ4v) is 2.34. The SMILES string of the molecule is CC(F)(c1ccc(C(F)(F)F)cc1)C1CCNC1. The second kappa shape index (κ2) is 4.53. The van der Waals surface area contributed by atoms with Crippen LogP contribution in [0.3, 0.4) is 0 Å². The minimum Gasteiger partial charge on any atom is -0.316 e. The summed E-state index contributed by atoms with van der Waals surface area (Å²) in [5, 5.41) is 3.06. The van der Waals surface area contributed by atoms with E-state index >= 15 is 0 Å². The van der Waals surface area contributed by atoms with Crippen LogP contribution in [0.4, 0.5) is 17.6 Å². The first-order chi connectivity index (χ1) is 8.32. The summed E-state index contributed by atoms with van der Waals surface area (Å²) in [4.78, 5) is 0. The molecular weight excluding hydrogens is 246 g/mol. The van der Waals surface area contributed by atoms with Gasteiger partial charge >= 0.3 is 6.18 Å². The van der Waals surface area contributed by atoms with Gasteiger partial charge in [0.2, 0.25) is 0 Å². The largest absolute Gasteiger partial charge is 0.416 e. The Kier molecular flexibility index (Phi) is 3.36. The van der Waals surface area contributed by atoms with Crippen LogP contribution in [-0.4, -0.2) is 13.1 Å². The first-order valence-corrected chi connectivity index (χ1v) is 5.89. The maximum absolute atomic E-state index is 14.6. The van der Waals surface area contributed by atoms with Crippen molar-refractivity contribution in [1.82, 2.24) is 5.32 Å². The van der Waals surface area contributed by atoms with Gasteiger partial charge in [-0.2, -0.15) is 13.2 Å². The second-order valence-corrected chi connectivity index (χ2v) is 4.84. The third kappa shape index (κ3) is 2.51. The first-order valence-electron chi connectivity index (χ1n) is 5.89. The van der Waals surface area contributed by atoms with Crippen LogP contribution >= 0.6 is 0 Å². The molecule has 100 valence electrons. The summed E-state index contributed by atoms with van der Waals surface area (Å²) in [6, 6.07) is 4.35. The van der Waals surface area contributed by atoms with Crippen molar-refractivity contribution >= 4 is 0 Å². The van der Waals surface area contributed by atoms with Gasteiger partial charge in [0.1, 0.15) is 5.67 Å². The lowest BCUT2D eigenvalue weighted by atomic mass is 9.83. The summed E-state index contributed by atoms with van der Waals surface area (Å²) in [5.41, 5.74) is -2.02. The van der Waals surface area contributed by atoms with Crippen LogP contribution in [0.5, 0.6) is 0 Å². The van der Waals surface area contributed by atoms with E-state index in [1.54, 1.807) is 0 Å². The fourth-order valence-electron chi connectivity index (χ4n) is 2.34. The lowest BCUT2D eigenvalue weighted by Gasteiger charge is -2.27. The molecule has 0 aliphatic carbocycles. The van der Waals surface area contributed by atoms with Gasteiger partial charge in [0, 0.05) is 12.5 Å². The molecule has 2 rings (SSSR count). The number of rotatable bonds is 2. The number of nitrogens with one attached hydrogen (secondary N) is 1. The molecule has 1 saturated heterocycles. The number of halogens is 4. The third-order valence-electron chi connectivity index (χ3n) is 3.60. The van der Waals surface area contributed by atoms with E-state index in [9.17, 15) is 17.6 Å². The summed E-state index contributed by atoms with van der Waals surface area (Å²) in [6.07, 6.45) is -3.67. The zero-order chi connectivity index (χ0) is 13.4. The first kappa shape index (κ1) is 13.3. The van der Waals surface area contributed by atoms with Gasteiger partial charge in [-0.25, -0.2) is 4.39 Å². The molecule has 1 fully saturated rings. The van der Waals surface area contributed by atoms with Gasteiger partial charge in [0.05, 0.1) is 5.56 Å². The maximum atomic E-state index is 14.6. The number of alkyl halides is 4. The second-order valence-electron chi connectivity index (χ2n) is 4.84. The van der Waals surface area contributed by atoms with E-state index in [0.717, 1.165) is 18.7 Å². The Morgan fingerprint density at radius 3 is 2.06 bits per heavy atom. The van der Waals surface area contributed by atoms with Crippen LogP contribution in [0.25, 0.3) is 0 Å². The van der Waals surface area contributed by atoms with Gasteiger partial charge in [0.15, 0.2) is 0 Å². The van der Waals surface area contributed by atoms with Gasteiger partial charge in [-0.15, -0.1) is 0 Å². The molecule has 0 saturated carbocycles. The normalized spacial score (nSPS) is 23.9. The van der Waals surface area contributed by atoms with Gasteiger partial charge in [-0.3, -0.25) is 0 Å². The Hall–Kier alpha value is -1.10. The topological polar surface area (TPSA) is 12.0 Å². The van der Waals surface area contributed by atoms with Crippen molar-refractivity contribution in [3.63, 3.8) is 0 Å². The van der Waals surface area contributed by atoms with Gasteiger partial charge in [0.25, 0.3) is 0 Å². The summed E-state index contributed by atoms with van der Waals surface area (Å²) in [5.74, 6) is -0.186. The number of hydrogen-bond donors (Lipinski definition) is 1. The Morgan fingerprint density at radius 1 is 1.06 bits per heavy atom. The Morgan fingerprint density at radius 2 is 1.61 bits per heavy atom. The molecule has 2 unspecified atom stereocenters. The highest BCUT2D eigenvalue weighted by atomic mass is 19.4. The van der Waals surface area contributed by atoms with Gasteiger partial charge in [-0.1, -0.05) is 12.1 Å². The van der Waals surface area contributed by atoms with Gasteiger partial charge in [-0.05, 0) is 37.6 Å². The van der Waals surface area contributed by atoms with Crippen molar-refractivity contribution in [3.8, 4) is 0 Å². The van der Waals surface area contributed by atoms with Crippen LogP contribution in [0, 0.1) is 5.92 Å². The average Bonchev–Trinajstić information content (AvgIpc) is 2.82. The summed E-state index contributed by atoms with van der Waals surface area (Å²) in [6.45, 7) is 2.76. The molecule has 5 heteroatoms. The predicted molar refractivity (Wildman–Crippen MR) is 60.9 cm³/mol. The molecule has 1 aromatic carbocycles. The summed E-state index contributed by atoms with van der Waals surface area (Å²) < 4.78 is 51.9. The molecule has 0 amide bonds. The van der Waals surface area contributed by atoms with Gasteiger partial charge < -0.3 is 5.32 Å². The molecule has 1 aliphatic rings. The van der Waals surface area contributed by atoms with Crippen molar-refractivity contribution in [2.75, 3.05) is 13.1 Å². The molecule has 1 N–H and O–H groups in total. The molecular formula is C13H15F4N. The minimum absolute atomic E-state index is 0.186.